The van der Waals surface area contributed by atoms with Crippen LogP contribution in [0.1, 0.15) is 0 Å². The molecule has 2 aromatic rings. The average Bonchev–Trinajstić information content (AvgIpc) is 2.43. The molecule has 0 atom stereocenters. The molecule has 2 rings (SSSR count). The summed E-state index contributed by atoms with van der Waals surface area (Å²) < 4.78 is 18.8. The van der Waals surface area contributed by atoms with Crippen molar-refractivity contribution in [2.24, 2.45) is 5.73 Å². The normalized spacial score (nSPS) is 10.0. The molecule has 0 aliphatic heterocycles. The maximum atomic E-state index is 13.4. The van der Waals surface area contributed by atoms with Gasteiger partial charge in [-0.3, -0.25) is 4.79 Å². The molecule has 0 radical (unpaired) electrons. The van der Waals surface area contributed by atoms with E-state index in [1.54, 1.807) is 42.5 Å². The minimum Gasteiger partial charge on any atom is -0.454 e. The fourth-order valence-electron chi connectivity index (χ4n) is 1.47. The molecule has 0 saturated heterocycles. The van der Waals surface area contributed by atoms with E-state index >= 15 is 0 Å². The van der Waals surface area contributed by atoms with Crippen molar-refractivity contribution in [3.05, 3.63) is 54.3 Å². The Morgan fingerprint density at radius 2 is 1.84 bits per heavy atom. The zero-order valence-corrected chi connectivity index (χ0v) is 10.1. The van der Waals surface area contributed by atoms with Gasteiger partial charge in [0.1, 0.15) is 5.75 Å². The maximum absolute atomic E-state index is 13.4. The molecule has 0 spiro atoms. The summed E-state index contributed by atoms with van der Waals surface area (Å²) in [4.78, 5) is 11.1. The molecule has 98 valence electrons. The van der Waals surface area contributed by atoms with Crippen molar-refractivity contribution in [1.82, 2.24) is 0 Å². The molecule has 0 bridgehead atoms. The second-order valence-electron chi connectivity index (χ2n) is 3.81. The van der Waals surface area contributed by atoms with E-state index < -0.39 is 5.82 Å². The quantitative estimate of drug-likeness (QED) is 0.887. The Hall–Kier alpha value is -2.40. The number of nitrogens with two attached hydrogens (primary N) is 1. The van der Waals surface area contributed by atoms with E-state index in [4.69, 9.17) is 10.5 Å². The van der Waals surface area contributed by atoms with Crippen LogP contribution in [0.4, 0.5) is 10.1 Å². The van der Waals surface area contributed by atoms with Gasteiger partial charge < -0.3 is 15.8 Å². The average molecular weight is 260 g/mol. The molecule has 3 N–H and O–H groups in total. The molecule has 0 aliphatic rings. The number of para-hydroxylation sites is 1. The number of ether oxygens (including phenoxy) is 1. The highest BCUT2D eigenvalue weighted by molar-refractivity contribution is 5.92. The molecular weight excluding hydrogens is 247 g/mol. The predicted octanol–water partition coefficient (Wildman–Crippen LogP) is 2.52. The minimum absolute atomic E-state index is 0.0759. The lowest BCUT2D eigenvalue weighted by molar-refractivity contribution is -0.114. The van der Waals surface area contributed by atoms with Crippen LogP contribution in [0.5, 0.6) is 11.5 Å². The first-order valence-electron chi connectivity index (χ1n) is 5.71. The molecule has 0 fully saturated rings. The number of amides is 1. The van der Waals surface area contributed by atoms with Crippen molar-refractivity contribution >= 4 is 11.6 Å². The standard InChI is InChI=1S/C14H13FN2O2/c15-12-3-1-2-4-13(12)19-11-7-5-10(6-8-11)17-14(18)9-16/h1-8H,9,16H2,(H,17,18). The molecule has 0 heterocycles. The SMILES string of the molecule is NCC(=O)Nc1ccc(Oc2ccccc2F)cc1. The third-order valence-corrected chi connectivity index (χ3v) is 2.39. The Morgan fingerprint density at radius 3 is 2.47 bits per heavy atom. The van der Waals surface area contributed by atoms with Crippen LogP contribution in [0.3, 0.4) is 0 Å². The van der Waals surface area contributed by atoms with Crippen LogP contribution in [-0.4, -0.2) is 12.5 Å². The van der Waals surface area contributed by atoms with Gasteiger partial charge in [-0.25, -0.2) is 4.39 Å². The number of carbonyl (C=O) groups is 1. The van der Waals surface area contributed by atoms with E-state index in [1.165, 1.54) is 6.07 Å². The molecular formula is C14H13FN2O2. The molecule has 0 saturated carbocycles. The summed E-state index contributed by atoms with van der Waals surface area (Å²) >= 11 is 0. The van der Waals surface area contributed by atoms with E-state index in [-0.39, 0.29) is 18.2 Å². The zero-order chi connectivity index (χ0) is 13.7. The van der Waals surface area contributed by atoms with E-state index in [2.05, 4.69) is 5.32 Å². The second-order valence-corrected chi connectivity index (χ2v) is 3.81. The van der Waals surface area contributed by atoms with Crippen molar-refractivity contribution in [2.45, 2.75) is 0 Å². The van der Waals surface area contributed by atoms with Crippen molar-refractivity contribution in [3.8, 4) is 11.5 Å². The summed E-state index contributed by atoms with van der Waals surface area (Å²) in [6, 6.07) is 12.7. The Morgan fingerprint density at radius 1 is 1.16 bits per heavy atom. The number of hydrogen-bond acceptors (Lipinski definition) is 3. The van der Waals surface area contributed by atoms with E-state index in [9.17, 15) is 9.18 Å². The lowest BCUT2D eigenvalue weighted by atomic mass is 10.3. The highest BCUT2D eigenvalue weighted by atomic mass is 19.1. The first-order chi connectivity index (χ1) is 9.19. The van der Waals surface area contributed by atoms with Crippen LogP contribution in [0.15, 0.2) is 48.5 Å². The van der Waals surface area contributed by atoms with Crippen LogP contribution >= 0.6 is 0 Å². The third-order valence-electron chi connectivity index (χ3n) is 2.39. The van der Waals surface area contributed by atoms with Crippen LogP contribution in [0.25, 0.3) is 0 Å². The molecule has 0 aromatic heterocycles. The molecule has 4 nitrogen and oxygen atoms in total. The second kappa shape index (κ2) is 5.97. The number of rotatable bonds is 4. The third kappa shape index (κ3) is 3.53. The van der Waals surface area contributed by atoms with Gasteiger partial charge in [0, 0.05) is 5.69 Å². The monoisotopic (exact) mass is 260 g/mol. The van der Waals surface area contributed by atoms with Gasteiger partial charge in [-0.15, -0.1) is 0 Å². The number of benzene rings is 2. The Balaban J connectivity index is 2.07. The lowest BCUT2D eigenvalue weighted by Crippen LogP contribution is -2.21. The summed E-state index contributed by atoms with van der Waals surface area (Å²) in [6.07, 6.45) is 0. The van der Waals surface area contributed by atoms with Gasteiger partial charge in [-0.05, 0) is 36.4 Å². The fourth-order valence-corrected chi connectivity index (χ4v) is 1.47. The first kappa shape index (κ1) is 13.0. The van der Waals surface area contributed by atoms with Gasteiger partial charge in [0.2, 0.25) is 5.91 Å². The number of nitrogens with one attached hydrogen (secondary N) is 1. The van der Waals surface area contributed by atoms with Gasteiger partial charge in [-0.1, -0.05) is 12.1 Å². The zero-order valence-electron chi connectivity index (χ0n) is 10.1. The van der Waals surface area contributed by atoms with Gasteiger partial charge in [0.05, 0.1) is 6.54 Å². The van der Waals surface area contributed by atoms with Gasteiger partial charge in [0.15, 0.2) is 11.6 Å². The summed E-state index contributed by atoms with van der Waals surface area (Å²) in [5.74, 6) is -0.0668. The highest BCUT2D eigenvalue weighted by Gasteiger charge is 2.04. The summed E-state index contributed by atoms with van der Waals surface area (Å²) in [5.41, 5.74) is 5.80. The molecule has 19 heavy (non-hydrogen) atoms. The Labute approximate surface area is 110 Å². The first-order valence-corrected chi connectivity index (χ1v) is 5.71. The Kier molecular flexibility index (Phi) is 4.10. The largest absolute Gasteiger partial charge is 0.454 e. The van der Waals surface area contributed by atoms with Crippen molar-refractivity contribution in [1.29, 1.82) is 0 Å². The van der Waals surface area contributed by atoms with Crippen molar-refractivity contribution < 1.29 is 13.9 Å². The van der Waals surface area contributed by atoms with Crippen LogP contribution in [-0.2, 0) is 4.79 Å². The summed E-state index contributed by atoms with van der Waals surface area (Å²) in [6.45, 7) is -0.0759. The van der Waals surface area contributed by atoms with E-state index in [1.807, 2.05) is 0 Å². The summed E-state index contributed by atoms with van der Waals surface area (Å²) in [5, 5.41) is 2.60. The molecule has 1 amide bonds. The van der Waals surface area contributed by atoms with Crippen molar-refractivity contribution in [2.75, 3.05) is 11.9 Å². The van der Waals surface area contributed by atoms with Gasteiger partial charge in [-0.2, -0.15) is 0 Å². The lowest BCUT2D eigenvalue weighted by Gasteiger charge is -2.08. The predicted molar refractivity (Wildman–Crippen MR) is 70.6 cm³/mol. The van der Waals surface area contributed by atoms with Crippen LogP contribution in [0, 0.1) is 5.82 Å². The Bertz CT molecular complexity index is 570. The van der Waals surface area contributed by atoms with Gasteiger partial charge in [0.25, 0.3) is 0 Å². The number of halogens is 1. The molecule has 5 heteroatoms. The molecule has 0 aliphatic carbocycles. The van der Waals surface area contributed by atoms with Crippen molar-refractivity contribution in [3.63, 3.8) is 0 Å². The summed E-state index contributed by atoms with van der Waals surface area (Å²) in [7, 11) is 0. The van der Waals surface area contributed by atoms with Crippen LogP contribution < -0.4 is 15.8 Å². The maximum Gasteiger partial charge on any atom is 0.238 e. The highest BCUT2D eigenvalue weighted by Crippen LogP contribution is 2.25. The number of hydrogen-bond donors (Lipinski definition) is 2. The topological polar surface area (TPSA) is 64.4 Å². The van der Waals surface area contributed by atoms with E-state index in [0.29, 0.717) is 11.4 Å². The number of anilines is 1. The molecule has 2 aromatic carbocycles. The fraction of sp³-hybridized carbons (Fsp3) is 0.0714. The minimum atomic E-state index is -0.428. The number of carbonyl (C=O) groups excluding carboxylic acids is 1. The van der Waals surface area contributed by atoms with Crippen LogP contribution in [0.2, 0.25) is 0 Å². The smallest absolute Gasteiger partial charge is 0.238 e. The molecule has 0 unspecified atom stereocenters. The van der Waals surface area contributed by atoms with Gasteiger partial charge >= 0.3 is 0 Å². The van der Waals surface area contributed by atoms with E-state index in [0.717, 1.165) is 0 Å².